The molecule has 2 aliphatic rings. The minimum atomic E-state index is 0.0414. The van der Waals surface area contributed by atoms with E-state index >= 15 is 0 Å². The number of fused-ring (bicyclic) bond motifs is 1. The smallest absolute Gasteiger partial charge is 0.147 e. The highest BCUT2D eigenvalue weighted by Crippen LogP contribution is 2.37. The fourth-order valence-corrected chi connectivity index (χ4v) is 5.42. The summed E-state index contributed by atoms with van der Waals surface area (Å²) in [5, 5.41) is 14.2. The molecular weight excluding hydrogens is 440 g/mol. The van der Waals surface area contributed by atoms with Gasteiger partial charge in [0.15, 0.2) is 0 Å². The first-order valence-electron chi connectivity index (χ1n) is 11.1. The number of thiol groups is 1. The molecule has 0 saturated carbocycles. The van der Waals surface area contributed by atoms with Crippen LogP contribution in [0.1, 0.15) is 10.4 Å². The number of ether oxygens (including phenoxy) is 1. The summed E-state index contributed by atoms with van der Waals surface area (Å²) in [5.41, 5.74) is 2.92. The molecule has 2 aromatic heterocycles. The molecule has 3 aromatic rings. The van der Waals surface area contributed by atoms with Crippen LogP contribution in [0.4, 0.5) is 5.82 Å². The lowest BCUT2D eigenvalue weighted by Crippen LogP contribution is -2.42. The van der Waals surface area contributed by atoms with Crippen LogP contribution in [0, 0.1) is 0 Å². The van der Waals surface area contributed by atoms with Crippen molar-refractivity contribution in [2.24, 2.45) is 0 Å². The van der Waals surface area contributed by atoms with Gasteiger partial charge in [0.25, 0.3) is 0 Å². The third-order valence-electron chi connectivity index (χ3n) is 5.84. The molecule has 5 rings (SSSR count). The average molecular weight is 473 g/mol. The zero-order valence-electron chi connectivity index (χ0n) is 18.6. The maximum atomic E-state index is 9.55. The van der Waals surface area contributed by atoms with Gasteiger partial charge in [0.2, 0.25) is 0 Å². The summed E-state index contributed by atoms with van der Waals surface area (Å²) in [6.07, 6.45) is 1.69. The van der Waals surface area contributed by atoms with Crippen molar-refractivity contribution in [3.05, 3.63) is 46.8 Å². The quantitative estimate of drug-likeness (QED) is 0.496. The minimum Gasteiger partial charge on any atom is -0.392 e. The summed E-state index contributed by atoms with van der Waals surface area (Å²) in [6, 6.07) is 12.6. The van der Waals surface area contributed by atoms with Crippen molar-refractivity contribution in [3.63, 3.8) is 0 Å². The van der Waals surface area contributed by atoms with E-state index in [1.807, 2.05) is 29.5 Å². The summed E-state index contributed by atoms with van der Waals surface area (Å²) < 4.78 is 6.85. The Morgan fingerprint density at radius 3 is 2.62 bits per heavy atom. The first-order chi connectivity index (χ1) is 15.8. The number of hydrogen-bond donors (Lipinski definition) is 3. The van der Waals surface area contributed by atoms with E-state index in [4.69, 9.17) is 9.72 Å². The highest BCUT2D eigenvalue weighted by Gasteiger charge is 2.20. The fraction of sp³-hybridized carbons (Fsp3) is 0.458. The zero-order valence-corrected chi connectivity index (χ0v) is 20.3. The first-order valence-corrected chi connectivity index (χ1v) is 12.9. The third kappa shape index (κ3) is 5.44. The summed E-state index contributed by atoms with van der Waals surface area (Å²) >= 11 is 5.40. The lowest BCUT2D eigenvalue weighted by Gasteiger charge is -2.28. The van der Waals surface area contributed by atoms with Crippen LogP contribution in [-0.4, -0.2) is 73.7 Å². The van der Waals surface area contributed by atoms with Crippen molar-refractivity contribution in [3.8, 4) is 11.3 Å². The number of piperazine rings is 1. The van der Waals surface area contributed by atoms with Crippen LogP contribution in [0.3, 0.4) is 0 Å². The second-order valence-electron chi connectivity index (χ2n) is 7.95. The van der Waals surface area contributed by atoms with Gasteiger partial charge in [-0.05, 0) is 35.4 Å². The monoisotopic (exact) mass is 472 g/mol. The lowest BCUT2D eigenvalue weighted by molar-refractivity contribution is 0.122. The molecule has 2 saturated heterocycles. The van der Waals surface area contributed by atoms with E-state index in [9.17, 15) is 5.11 Å². The van der Waals surface area contributed by atoms with Crippen LogP contribution in [0.2, 0.25) is 0 Å². The Labute approximate surface area is 199 Å². The van der Waals surface area contributed by atoms with E-state index in [0.29, 0.717) is 0 Å². The fourth-order valence-electron chi connectivity index (χ4n) is 4.22. The maximum absolute atomic E-state index is 9.55. The molecule has 0 unspecified atom stereocenters. The molecule has 0 bridgehead atoms. The maximum Gasteiger partial charge on any atom is 0.147 e. The molecule has 32 heavy (non-hydrogen) atoms. The Morgan fingerprint density at radius 2 is 1.88 bits per heavy atom. The lowest BCUT2D eigenvalue weighted by atomic mass is 10.1. The van der Waals surface area contributed by atoms with Gasteiger partial charge in [0, 0.05) is 56.3 Å². The normalized spacial score (nSPS) is 17.3. The topological polar surface area (TPSA) is 60.9 Å². The third-order valence-corrected chi connectivity index (χ3v) is 6.97. The number of hydrogen-bond acceptors (Lipinski definition) is 8. The molecule has 0 atom stereocenters. The van der Waals surface area contributed by atoms with Gasteiger partial charge in [-0.3, -0.25) is 4.90 Å². The van der Waals surface area contributed by atoms with Crippen LogP contribution in [-0.2, 0) is 17.9 Å². The molecule has 0 amide bonds. The van der Waals surface area contributed by atoms with Gasteiger partial charge in [-0.15, -0.1) is 11.3 Å². The molecule has 2 aliphatic heterocycles. The number of rotatable bonds is 5. The van der Waals surface area contributed by atoms with E-state index in [-0.39, 0.29) is 6.61 Å². The summed E-state index contributed by atoms with van der Waals surface area (Å²) in [6.45, 7) is 8.59. The number of anilines is 1. The van der Waals surface area contributed by atoms with Gasteiger partial charge in [0.1, 0.15) is 5.82 Å². The molecule has 172 valence electrons. The standard InChI is InChI=1S/C23H28N4O2S.CH4S/c28-16-17-2-1-3-18(12-17)21-14-19-13-20(15-26-6-4-24-5-7-26)30-22(19)23(25-21)27-8-10-29-11-9-27;1-2/h1-3,12-14,24,28H,4-11,15-16H2;2H,1H3. The van der Waals surface area contributed by atoms with Crippen LogP contribution in [0.5, 0.6) is 0 Å². The van der Waals surface area contributed by atoms with Crippen molar-refractivity contribution in [2.45, 2.75) is 13.2 Å². The SMILES string of the molecule is CS.OCc1cccc(-c2cc3cc(CN4CCNCC4)sc3c(N3CCOCC3)n2)c1. The van der Waals surface area contributed by atoms with E-state index in [2.05, 4.69) is 45.9 Å². The van der Waals surface area contributed by atoms with Gasteiger partial charge < -0.3 is 20.1 Å². The van der Waals surface area contributed by atoms with E-state index in [1.165, 1.54) is 15.0 Å². The van der Waals surface area contributed by atoms with Crippen molar-refractivity contribution >= 4 is 39.9 Å². The first kappa shape index (κ1) is 23.5. The van der Waals surface area contributed by atoms with Gasteiger partial charge in [-0.1, -0.05) is 18.2 Å². The highest BCUT2D eigenvalue weighted by atomic mass is 32.1. The Kier molecular flexibility index (Phi) is 8.40. The largest absolute Gasteiger partial charge is 0.392 e. The molecule has 2 N–H and O–H groups in total. The number of aromatic nitrogens is 1. The average Bonchev–Trinajstić information content (AvgIpc) is 3.28. The molecule has 4 heterocycles. The minimum absolute atomic E-state index is 0.0414. The van der Waals surface area contributed by atoms with Gasteiger partial charge in [-0.25, -0.2) is 4.98 Å². The number of thiophene rings is 1. The molecule has 0 radical (unpaired) electrons. The summed E-state index contributed by atoms with van der Waals surface area (Å²) in [7, 11) is 0. The van der Waals surface area contributed by atoms with Crippen molar-refractivity contribution < 1.29 is 9.84 Å². The van der Waals surface area contributed by atoms with Crippen LogP contribution in [0.25, 0.3) is 21.3 Å². The van der Waals surface area contributed by atoms with E-state index in [0.717, 1.165) is 81.7 Å². The number of pyridine rings is 1. The van der Waals surface area contributed by atoms with Crippen LogP contribution >= 0.6 is 24.0 Å². The molecule has 8 heteroatoms. The second-order valence-corrected chi connectivity index (χ2v) is 9.08. The molecule has 2 fully saturated rings. The number of benzene rings is 1. The molecule has 6 nitrogen and oxygen atoms in total. The Hall–Kier alpha value is -1.68. The molecule has 0 spiro atoms. The van der Waals surface area contributed by atoms with Crippen molar-refractivity contribution in [2.75, 3.05) is 63.6 Å². The summed E-state index contributed by atoms with van der Waals surface area (Å²) in [5.74, 6) is 1.07. The van der Waals surface area contributed by atoms with Gasteiger partial charge in [-0.2, -0.15) is 12.6 Å². The summed E-state index contributed by atoms with van der Waals surface area (Å²) in [4.78, 5) is 11.4. The number of nitrogens with zero attached hydrogens (tertiary/aromatic N) is 3. The van der Waals surface area contributed by atoms with E-state index < -0.39 is 0 Å². The van der Waals surface area contributed by atoms with Gasteiger partial charge in [0.05, 0.1) is 30.2 Å². The predicted molar refractivity (Wildman–Crippen MR) is 137 cm³/mol. The molecule has 0 aliphatic carbocycles. The number of aliphatic hydroxyl groups excluding tert-OH is 1. The van der Waals surface area contributed by atoms with E-state index in [1.54, 1.807) is 6.26 Å². The molecule has 1 aromatic carbocycles. The zero-order chi connectivity index (χ0) is 22.3. The highest BCUT2D eigenvalue weighted by molar-refractivity contribution is 7.79. The Bertz CT molecular complexity index is 1010. The second kappa shape index (κ2) is 11.4. The van der Waals surface area contributed by atoms with Gasteiger partial charge >= 0.3 is 0 Å². The number of aliphatic hydroxyl groups is 1. The predicted octanol–water partition coefficient (Wildman–Crippen LogP) is 3.24. The van der Waals surface area contributed by atoms with Crippen LogP contribution in [0.15, 0.2) is 36.4 Å². The number of morpholine rings is 1. The van der Waals surface area contributed by atoms with Crippen LogP contribution < -0.4 is 10.2 Å². The number of nitrogens with one attached hydrogen (secondary N) is 1. The molecular formula is C24H32N4O2S2. The van der Waals surface area contributed by atoms with Crippen molar-refractivity contribution in [1.29, 1.82) is 0 Å². The Morgan fingerprint density at radius 1 is 1.09 bits per heavy atom. The van der Waals surface area contributed by atoms with Crippen molar-refractivity contribution in [1.82, 2.24) is 15.2 Å². The Balaban J connectivity index is 0.00000119.